The topological polar surface area (TPSA) is 36.4 Å². The van der Waals surface area contributed by atoms with Crippen LogP contribution in [-0.4, -0.2) is 11.8 Å². The quantitative estimate of drug-likeness (QED) is 0.606. The van der Waals surface area contributed by atoms with Gasteiger partial charge in [-0.05, 0) is 32.4 Å². The average molecular weight is 165 g/mol. The molecular formula is C9H15N3. The number of nitrogens with one attached hydrogen (secondary N) is 2. The number of rotatable bonds is 2. The van der Waals surface area contributed by atoms with E-state index in [1.807, 2.05) is 13.0 Å². The van der Waals surface area contributed by atoms with E-state index in [0.29, 0.717) is 6.04 Å². The van der Waals surface area contributed by atoms with Crippen molar-refractivity contribution in [2.24, 2.45) is 5.10 Å². The van der Waals surface area contributed by atoms with Crippen LogP contribution in [-0.2, 0) is 0 Å². The molecule has 0 saturated carbocycles. The molecule has 1 heterocycles. The van der Waals surface area contributed by atoms with Gasteiger partial charge >= 0.3 is 0 Å². The fourth-order valence-corrected chi connectivity index (χ4v) is 1.07. The van der Waals surface area contributed by atoms with Crippen molar-refractivity contribution in [2.45, 2.75) is 26.8 Å². The third kappa shape index (κ3) is 2.20. The number of nitrogens with zero attached hydrogens (tertiary/aromatic N) is 1. The number of allylic oxidation sites excluding steroid dienone is 3. The fraction of sp³-hybridized carbons (Fsp3) is 0.444. The summed E-state index contributed by atoms with van der Waals surface area (Å²) in [5.41, 5.74) is 8.00. The molecule has 1 rings (SSSR count). The third-order valence-electron chi connectivity index (χ3n) is 1.71. The molecule has 1 aliphatic rings. The summed E-state index contributed by atoms with van der Waals surface area (Å²) in [5, 5.41) is 4.08. The molecule has 0 saturated heterocycles. The van der Waals surface area contributed by atoms with Gasteiger partial charge in [0.05, 0.1) is 11.8 Å². The summed E-state index contributed by atoms with van der Waals surface area (Å²) in [6.45, 7) is 6.14. The first kappa shape index (κ1) is 9.00. The molecule has 0 aromatic carbocycles. The van der Waals surface area contributed by atoms with Crippen LogP contribution in [0.1, 0.15) is 20.8 Å². The lowest BCUT2D eigenvalue weighted by Crippen LogP contribution is -2.31. The van der Waals surface area contributed by atoms with Crippen LogP contribution in [0.3, 0.4) is 0 Å². The zero-order chi connectivity index (χ0) is 8.97. The lowest BCUT2D eigenvalue weighted by molar-refractivity contribution is 0.584. The van der Waals surface area contributed by atoms with Gasteiger partial charge in [0.2, 0.25) is 0 Å². The fourth-order valence-electron chi connectivity index (χ4n) is 1.07. The van der Waals surface area contributed by atoms with Gasteiger partial charge in [-0.15, -0.1) is 0 Å². The summed E-state index contributed by atoms with van der Waals surface area (Å²) in [7, 11) is 0. The first-order valence-electron chi connectivity index (χ1n) is 4.13. The Morgan fingerprint density at radius 3 is 2.83 bits per heavy atom. The normalized spacial score (nSPS) is 24.4. The van der Waals surface area contributed by atoms with E-state index in [1.165, 1.54) is 5.57 Å². The number of hydrazone groups is 1. The number of hydrazine groups is 1. The molecule has 12 heavy (non-hydrogen) atoms. The lowest BCUT2D eigenvalue weighted by Gasteiger charge is -2.00. The van der Waals surface area contributed by atoms with E-state index in [0.717, 1.165) is 5.71 Å². The van der Waals surface area contributed by atoms with Crippen LogP contribution in [0.2, 0.25) is 0 Å². The molecule has 0 radical (unpaired) electrons. The molecule has 1 atom stereocenters. The zero-order valence-corrected chi connectivity index (χ0v) is 7.76. The first-order valence-corrected chi connectivity index (χ1v) is 4.13. The summed E-state index contributed by atoms with van der Waals surface area (Å²) in [5.74, 6) is 0. The van der Waals surface area contributed by atoms with E-state index in [4.69, 9.17) is 0 Å². The van der Waals surface area contributed by atoms with Crippen molar-refractivity contribution in [3.63, 3.8) is 0 Å². The number of hydrogen-bond acceptors (Lipinski definition) is 3. The molecule has 66 valence electrons. The van der Waals surface area contributed by atoms with Gasteiger partial charge in [0.15, 0.2) is 0 Å². The molecule has 0 aliphatic carbocycles. The van der Waals surface area contributed by atoms with Crippen LogP contribution >= 0.6 is 0 Å². The highest BCUT2D eigenvalue weighted by Crippen LogP contribution is 2.01. The van der Waals surface area contributed by atoms with Crippen molar-refractivity contribution in [1.82, 2.24) is 11.0 Å². The monoisotopic (exact) mass is 165 g/mol. The van der Waals surface area contributed by atoms with Crippen molar-refractivity contribution in [2.75, 3.05) is 0 Å². The maximum atomic E-state index is 4.08. The molecule has 2 N–H and O–H groups in total. The predicted octanol–water partition coefficient (Wildman–Crippen LogP) is 1.36. The minimum absolute atomic E-state index is 0.296. The van der Waals surface area contributed by atoms with E-state index in [-0.39, 0.29) is 0 Å². The summed E-state index contributed by atoms with van der Waals surface area (Å²) in [6, 6.07) is 0.296. The highest BCUT2D eigenvalue weighted by atomic mass is 15.6. The standard InChI is InChI=1S/C9H15N3/c1-4-5-7(2)6-9-8(3)10-12-11-9/h4-6,8,10,12H,1-3H3/b5-4-,7-6-. The molecule has 0 amide bonds. The van der Waals surface area contributed by atoms with Gasteiger partial charge in [-0.3, -0.25) is 0 Å². The van der Waals surface area contributed by atoms with Gasteiger partial charge in [0.25, 0.3) is 0 Å². The van der Waals surface area contributed by atoms with Gasteiger partial charge in [-0.1, -0.05) is 12.2 Å². The van der Waals surface area contributed by atoms with Crippen LogP contribution in [0.15, 0.2) is 28.9 Å². The van der Waals surface area contributed by atoms with Gasteiger partial charge in [-0.25, -0.2) is 11.0 Å². The van der Waals surface area contributed by atoms with Crippen LogP contribution in [0, 0.1) is 0 Å². The molecule has 0 spiro atoms. The first-order chi connectivity index (χ1) is 5.74. The molecule has 3 nitrogen and oxygen atoms in total. The third-order valence-corrected chi connectivity index (χ3v) is 1.71. The zero-order valence-electron chi connectivity index (χ0n) is 7.76. The average Bonchev–Trinajstić information content (AvgIpc) is 2.37. The van der Waals surface area contributed by atoms with E-state index >= 15 is 0 Å². The number of hydrogen-bond donors (Lipinski definition) is 2. The summed E-state index contributed by atoms with van der Waals surface area (Å²) < 4.78 is 0. The molecule has 0 aromatic heterocycles. The highest BCUT2D eigenvalue weighted by Gasteiger charge is 2.12. The maximum absolute atomic E-state index is 4.08. The van der Waals surface area contributed by atoms with Gasteiger partial charge in [0, 0.05) is 0 Å². The minimum atomic E-state index is 0.296. The van der Waals surface area contributed by atoms with Crippen molar-refractivity contribution in [3.8, 4) is 0 Å². The summed E-state index contributed by atoms with van der Waals surface area (Å²) in [6.07, 6.45) is 6.15. The Labute approximate surface area is 73.2 Å². The Kier molecular flexibility index (Phi) is 3.05. The SMILES string of the molecule is C/C=C\C(C)=C/C1=NNNC1C. The van der Waals surface area contributed by atoms with Gasteiger partial charge in [0.1, 0.15) is 0 Å². The summed E-state index contributed by atoms with van der Waals surface area (Å²) >= 11 is 0. The molecule has 3 heteroatoms. The highest BCUT2D eigenvalue weighted by molar-refractivity contribution is 6.00. The van der Waals surface area contributed by atoms with E-state index in [1.54, 1.807) is 0 Å². The van der Waals surface area contributed by atoms with Crippen molar-refractivity contribution >= 4 is 5.71 Å². The van der Waals surface area contributed by atoms with E-state index < -0.39 is 0 Å². The van der Waals surface area contributed by atoms with E-state index in [9.17, 15) is 0 Å². The second-order valence-corrected chi connectivity index (χ2v) is 2.90. The Hall–Kier alpha value is -1.09. The van der Waals surface area contributed by atoms with Crippen LogP contribution in [0.25, 0.3) is 0 Å². The molecule has 0 bridgehead atoms. The van der Waals surface area contributed by atoms with Crippen molar-refractivity contribution in [3.05, 3.63) is 23.8 Å². The Morgan fingerprint density at radius 2 is 2.33 bits per heavy atom. The summed E-state index contributed by atoms with van der Waals surface area (Å²) in [4.78, 5) is 0. The second kappa shape index (κ2) is 4.07. The smallest absolute Gasteiger partial charge is 0.0806 e. The lowest BCUT2D eigenvalue weighted by atomic mass is 10.1. The minimum Gasteiger partial charge on any atom is -0.242 e. The second-order valence-electron chi connectivity index (χ2n) is 2.90. The molecule has 0 fully saturated rings. The van der Waals surface area contributed by atoms with Crippen LogP contribution < -0.4 is 11.0 Å². The molecular weight excluding hydrogens is 150 g/mol. The maximum Gasteiger partial charge on any atom is 0.0806 e. The Balaban J connectivity index is 2.66. The Bertz CT molecular complexity index is 238. The molecule has 1 unspecified atom stereocenters. The molecule has 0 aromatic rings. The van der Waals surface area contributed by atoms with Gasteiger partial charge < -0.3 is 0 Å². The van der Waals surface area contributed by atoms with Crippen LogP contribution in [0.5, 0.6) is 0 Å². The predicted molar refractivity (Wildman–Crippen MR) is 51.7 cm³/mol. The van der Waals surface area contributed by atoms with Crippen LogP contribution in [0.4, 0.5) is 0 Å². The van der Waals surface area contributed by atoms with Crippen molar-refractivity contribution < 1.29 is 0 Å². The van der Waals surface area contributed by atoms with Crippen molar-refractivity contribution in [1.29, 1.82) is 0 Å². The van der Waals surface area contributed by atoms with Gasteiger partial charge in [-0.2, -0.15) is 5.10 Å². The molecule has 1 aliphatic heterocycles. The Morgan fingerprint density at radius 1 is 1.58 bits per heavy atom. The van der Waals surface area contributed by atoms with E-state index in [2.05, 4.69) is 42.1 Å². The largest absolute Gasteiger partial charge is 0.242 e.